The van der Waals surface area contributed by atoms with Gasteiger partial charge in [0.25, 0.3) is 0 Å². The highest BCUT2D eigenvalue weighted by atomic mass is 16.5. The second-order valence-corrected chi connectivity index (χ2v) is 2.00. The molecule has 5 nitrogen and oxygen atoms in total. The Labute approximate surface area is 64.5 Å². The molecule has 1 aromatic rings. The molecule has 5 heteroatoms. The first-order chi connectivity index (χ1) is 5.33. The van der Waals surface area contributed by atoms with Gasteiger partial charge < -0.3 is 15.0 Å². The molecule has 0 saturated heterocycles. The quantitative estimate of drug-likeness (QED) is 0.633. The lowest BCUT2D eigenvalue weighted by Gasteiger charge is -1.94. The Kier molecular flexibility index (Phi) is 2.85. The van der Waals surface area contributed by atoms with Crippen molar-refractivity contribution in [3.8, 4) is 0 Å². The van der Waals surface area contributed by atoms with E-state index in [1.807, 2.05) is 6.92 Å². The monoisotopic (exact) mass is 157 g/mol. The second kappa shape index (κ2) is 3.92. The zero-order valence-electron chi connectivity index (χ0n) is 6.41. The van der Waals surface area contributed by atoms with E-state index in [4.69, 9.17) is 10.5 Å². The predicted molar refractivity (Wildman–Crippen MR) is 38.9 cm³/mol. The van der Waals surface area contributed by atoms with E-state index in [-0.39, 0.29) is 6.01 Å². The minimum atomic E-state index is 0.108. The molecule has 0 amide bonds. The first-order valence-electron chi connectivity index (χ1n) is 3.48. The standard InChI is InChI=1S/C6H11N3O2/c1-2-10-4-3-5-8-6(7)11-9-5/h2-4H2,1H3,(H2,7,8,9). The minimum absolute atomic E-state index is 0.108. The topological polar surface area (TPSA) is 74.2 Å². The highest BCUT2D eigenvalue weighted by molar-refractivity contribution is 5.06. The molecule has 0 saturated carbocycles. The van der Waals surface area contributed by atoms with Gasteiger partial charge in [-0.15, -0.1) is 0 Å². The summed E-state index contributed by atoms with van der Waals surface area (Å²) in [6.45, 7) is 3.24. The summed E-state index contributed by atoms with van der Waals surface area (Å²) in [6.07, 6.45) is 0.647. The molecule has 62 valence electrons. The van der Waals surface area contributed by atoms with E-state index < -0.39 is 0 Å². The summed E-state index contributed by atoms with van der Waals surface area (Å²) >= 11 is 0. The highest BCUT2D eigenvalue weighted by Gasteiger charge is 2.00. The molecule has 0 aliphatic carbocycles. The lowest BCUT2D eigenvalue weighted by atomic mass is 10.4. The molecule has 1 heterocycles. The van der Waals surface area contributed by atoms with Crippen molar-refractivity contribution in [2.45, 2.75) is 13.3 Å². The Morgan fingerprint density at radius 1 is 1.64 bits per heavy atom. The van der Waals surface area contributed by atoms with E-state index in [2.05, 4.69) is 14.7 Å². The average molecular weight is 157 g/mol. The third-order valence-electron chi connectivity index (χ3n) is 1.16. The fourth-order valence-corrected chi connectivity index (χ4v) is 0.677. The van der Waals surface area contributed by atoms with Gasteiger partial charge >= 0.3 is 6.01 Å². The van der Waals surface area contributed by atoms with Gasteiger partial charge in [-0.05, 0) is 6.92 Å². The van der Waals surface area contributed by atoms with Gasteiger partial charge in [0, 0.05) is 13.0 Å². The maximum absolute atomic E-state index is 5.20. The second-order valence-electron chi connectivity index (χ2n) is 2.00. The molecule has 0 aliphatic rings. The van der Waals surface area contributed by atoms with Crippen molar-refractivity contribution in [2.24, 2.45) is 0 Å². The van der Waals surface area contributed by atoms with E-state index in [1.165, 1.54) is 0 Å². The Bertz CT molecular complexity index is 211. The van der Waals surface area contributed by atoms with Crippen molar-refractivity contribution >= 4 is 6.01 Å². The number of hydrogen-bond acceptors (Lipinski definition) is 5. The third kappa shape index (κ3) is 2.55. The molecule has 1 rings (SSSR count). The predicted octanol–water partition coefficient (Wildman–Crippen LogP) is 0.231. The van der Waals surface area contributed by atoms with E-state index in [1.54, 1.807) is 0 Å². The maximum Gasteiger partial charge on any atom is 0.318 e. The molecule has 11 heavy (non-hydrogen) atoms. The van der Waals surface area contributed by atoms with Crippen molar-refractivity contribution < 1.29 is 9.26 Å². The largest absolute Gasteiger partial charge is 0.381 e. The van der Waals surface area contributed by atoms with Crippen LogP contribution in [-0.4, -0.2) is 23.4 Å². The normalized spacial score (nSPS) is 10.3. The molecule has 0 bridgehead atoms. The van der Waals surface area contributed by atoms with Gasteiger partial charge in [0.15, 0.2) is 5.82 Å². The van der Waals surface area contributed by atoms with E-state index in [9.17, 15) is 0 Å². The summed E-state index contributed by atoms with van der Waals surface area (Å²) in [5.74, 6) is 0.593. The van der Waals surface area contributed by atoms with E-state index in [0.717, 1.165) is 0 Å². The number of anilines is 1. The molecule has 0 aliphatic heterocycles. The van der Waals surface area contributed by atoms with Crippen LogP contribution >= 0.6 is 0 Å². The maximum atomic E-state index is 5.20. The van der Waals surface area contributed by atoms with Gasteiger partial charge in [0.2, 0.25) is 0 Å². The van der Waals surface area contributed by atoms with Crippen molar-refractivity contribution in [2.75, 3.05) is 18.9 Å². The number of aromatic nitrogens is 2. The fraction of sp³-hybridized carbons (Fsp3) is 0.667. The van der Waals surface area contributed by atoms with Crippen LogP contribution in [0.15, 0.2) is 4.52 Å². The number of nitrogen functional groups attached to an aromatic ring is 1. The molecular weight excluding hydrogens is 146 g/mol. The van der Waals surface area contributed by atoms with Crippen LogP contribution in [0.1, 0.15) is 12.7 Å². The molecule has 0 atom stereocenters. The van der Waals surface area contributed by atoms with Crippen LogP contribution in [0.25, 0.3) is 0 Å². The molecular formula is C6H11N3O2. The van der Waals surface area contributed by atoms with Gasteiger partial charge in [0.05, 0.1) is 6.61 Å². The number of nitrogens with zero attached hydrogens (tertiary/aromatic N) is 2. The van der Waals surface area contributed by atoms with Gasteiger partial charge in [-0.3, -0.25) is 0 Å². The minimum Gasteiger partial charge on any atom is -0.381 e. The van der Waals surface area contributed by atoms with E-state index >= 15 is 0 Å². The summed E-state index contributed by atoms with van der Waals surface area (Å²) in [5.41, 5.74) is 5.20. The number of nitrogens with two attached hydrogens (primary N) is 1. The molecule has 2 N–H and O–H groups in total. The van der Waals surface area contributed by atoms with Crippen LogP contribution < -0.4 is 5.73 Å². The first-order valence-corrected chi connectivity index (χ1v) is 3.48. The number of hydrogen-bond donors (Lipinski definition) is 1. The average Bonchev–Trinajstić information content (AvgIpc) is 2.37. The lowest BCUT2D eigenvalue weighted by Crippen LogP contribution is -1.99. The van der Waals surface area contributed by atoms with Gasteiger partial charge in [-0.1, -0.05) is 5.16 Å². The Hall–Kier alpha value is -1.10. The summed E-state index contributed by atoms with van der Waals surface area (Å²) in [4.78, 5) is 3.80. The van der Waals surface area contributed by atoms with Crippen molar-refractivity contribution in [1.29, 1.82) is 0 Å². The SMILES string of the molecule is CCOCCc1noc(N)n1. The fourth-order valence-electron chi connectivity index (χ4n) is 0.677. The zero-order valence-corrected chi connectivity index (χ0v) is 6.41. The van der Waals surface area contributed by atoms with Gasteiger partial charge in [0.1, 0.15) is 0 Å². The molecule has 0 aromatic carbocycles. The Balaban J connectivity index is 2.27. The highest BCUT2D eigenvalue weighted by Crippen LogP contribution is 1.97. The molecule has 0 unspecified atom stereocenters. The van der Waals surface area contributed by atoms with Crippen molar-refractivity contribution in [1.82, 2.24) is 10.1 Å². The Morgan fingerprint density at radius 3 is 3.00 bits per heavy atom. The molecule has 0 radical (unpaired) electrons. The van der Waals surface area contributed by atoms with Crippen LogP contribution in [0.2, 0.25) is 0 Å². The summed E-state index contributed by atoms with van der Waals surface area (Å²) in [7, 11) is 0. The van der Waals surface area contributed by atoms with Crippen molar-refractivity contribution in [3.05, 3.63) is 5.82 Å². The Morgan fingerprint density at radius 2 is 2.45 bits per heavy atom. The van der Waals surface area contributed by atoms with Crippen LogP contribution in [-0.2, 0) is 11.2 Å². The van der Waals surface area contributed by atoms with Crippen molar-refractivity contribution in [3.63, 3.8) is 0 Å². The number of ether oxygens (including phenoxy) is 1. The molecule has 0 spiro atoms. The number of rotatable bonds is 4. The summed E-state index contributed by atoms with van der Waals surface area (Å²) in [6, 6.07) is 0.108. The van der Waals surface area contributed by atoms with E-state index in [0.29, 0.717) is 25.5 Å². The van der Waals surface area contributed by atoms with Crippen LogP contribution in [0.4, 0.5) is 6.01 Å². The molecule has 0 fully saturated rings. The van der Waals surface area contributed by atoms with Crippen LogP contribution in [0.3, 0.4) is 0 Å². The summed E-state index contributed by atoms with van der Waals surface area (Å²) < 4.78 is 9.64. The van der Waals surface area contributed by atoms with Crippen LogP contribution in [0, 0.1) is 0 Å². The smallest absolute Gasteiger partial charge is 0.318 e. The summed E-state index contributed by atoms with van der Waals surface area (Å²) in [5, 5.41) is 3.60. The first kappa shape index (κ1) is 8.00. The lowest BCUT2D eigenvalue weighted by molar-refractivity contribution is 0.149. The molecule has 1 aromatic heterocycles. The van der Waals surface area contributed by atoms with Gasteiger partial charge in [-0.2, -0.15) is 4.98 Å². The van der Waals surface area contributed by atoms with Crippen LogP contribution in [0.5, 0.6) is 0 Å². The third-order valence-corrected chi connectivity index (χ3v) is 1.16. The zero-order chi connectivity index (χ0) is 8.10. The van der Waals surface area contributed by atoms with Gasteiger partial charge in [-0.25, -0.2) is 0 Å².